The Balaban J connectivity index is 1.84. The van der Waals surface area contributed by atoms with Crippen LogP contribution in [0.5, 0.6) is 0 Å². The van der Waals surface area contributed by atoms with Gasteiger partial charge < -0.3 is 9.80 Å². The Morgan fingerprint density at radius 3 is 2.11 bits per heavy atom. The van der Waals surface area contributed by atoms with Gasteiger partial charge in [0.05, 0.1) is 5.41 Å². The molecule has 4 heteroatoms. The highest BCUT2D eigenvalue weighted by Gasteiger charge is 2.80. The molecule has 108 valence electrons. The number of fused-ring (bicyclic) bond motifs is 1. The van der Waals surface area contributed by atoms with Crippen molar-refractivity contribution in [3.05, 3.63) is 0 Å². The van der Waals surface area contributed by atoms with E-state index in [1.54, 1.807) is 0 Å². The first-order chi connectivity index (χ1) is 8.77. The summed E-state index contributed by atoms with van der Waals surface area (Å²) in [5.41, 5.74) is 0.251. The second kappa shape index (κ2) is 3.97. The molecule has 0 N–H and O–H groups in total. The van der Waals surface area contributed by atoms with E-state index >= 15 is 0 Å². The summed E-state index contributed by atoms with van der Waals surface area (Å²) >= 11 is 3.86. The molecule has 3 nitrogen and oxygen atoms in total. The fraction of sp³-hybridized carbons (Fsp3) is 0.933. The maximum atomic E-state index is 13.1. The average molecular weight is 329 g/mol. The van der Waals surface area contributed by atoms with Crippen LogP contribution < -0.4 is 0 Å². The van der Waals surface area contributed by atoms with Crippen LogP contribution in [0.25, 0.3) is 0 Å². The molecule has 0 radical (unpaired) electrons. The largest absolute Gasteiger partial charge is 0.340 e. The van der Waals surface area contributed by atoms with Gasteiger partial charge in [-0.25, -0.2) is 0 Å². The van der Waals surface area contributed by atoms with Crippen molar-refractivity contribution in [3.63, 3.8) is 0 Å². The number of carbonyl (C=O) groups is 1. The van der Waals surface area contributed by atoms with Crippen molar-refractivity contribution in [2.45, 2.75) is 38.4 Å². The molecule has 1 aliphatic heterocycles. The van der Waals surface area contributed by atoms with Gasteiger partial charge in [-0.1, -0.05) is 36.7 Å². The molecular formula is C15H25BrN2O. The van der Waals surface area contributed by atoms with Gasteiger partial charge >= 0.3 is 0 Å². The lowest BCUT2D eigenvalue weighted by Crippen LogP contribution is -2.70. The Labute approximate surface area is 124 Å². The van der Waals surface area contributed by atoms with Gasteiger partial charge in [0, 0.05) is 31.0 Å². The minimum atomic E-state index is -0.155. The van der Waals surface area contributed by atoms with E-state index in [2.05, 4.69) is 53.5 Å². The third-order valence-corrected chi connectivity index (χ3v) is 8.54. The van der Waals surface area contributed by atoms with E-state index in [0.29, 0.717) is 10.7 Å². The van der Waals surface area contributed by atoms with Crippen molar-refractivity contribution >= 4 is 21.8 Å². The minimum Gasteiger partial charge on any atom is -0.340 e. The third-order valence-electron chi connectivity index (χ3n) is 6.75. The van der Waals surface area contributed by atoms with Gasteiger partial charge in [-0.15, -0.1) is 0 Å². The molecule has 4 aliphatic rings. The van der Waals surface area contributed by atoms with Crippen molar-refractivity contribution in [2.24, 2.45) is 16.2 Å². The lowest BCUT2D eigenvalue weighted by molar-refractivity contribution is -0.174. The number of piperazine rings is 1. The Morgan fingerprint density at radius 2 is 1.68 bits per heavy atom. The summed E-state index contributed by atoms with van der Waals surface area (Å²) in [6.45, 7) is 10.7. The van der Waals surface area contributed by atoms with Crippen LogP contribution in [0.15, 0.2) is 0 Å². The number of alkyl halides is 1. The molecule has 1 amide bonds. The van der Waals surface area contributed by atoms with E-state index in [1.807, 2.05) is 0 Å². The number of amides is 1. The van der Waals surface area contributed by atoms with E-state index < -0.39 is 0 Å². The number of halogens is 1. The van der Waals surface area contributed by atoms with Gasteiger partial charge in [0.25, 0.3) is 0 Å². The monoisotopic (exact) mass is 328 g/mol. The molecule has 0 aromatic heterocycles. The summed E-state index contributed by atoms with van der Waals surface area (Å²) in [7, 11) is 2.13. The van der Waals surface area contributed by atoms with Crippen LogP contribution in [0.2, 0.25) is 0 Å². The molecule has 0 spiro atoms. The Morgan fingerprint density at radius 1 is 1.11 bits per heavy atom. The first kappa shape index (κ1) is 13.9. The van der Waals surface area contributed by atoms with Gasteiger partial charge in [0.2, 0.25) is 5.91 Å². The van der Waals surface area contributed by atoms with E-state index in [4.69, 9.17) is 0 Å². The van der Waals surface area contributed by atoms with Gasteiger partial charge in [-0.2, -0.15) is 0 Å². The maximum absolute atomic E-state index is 13.1. The highest BCUT2D eigenvalue weighted by molar-refractivity contribution is 9.09. The van der Waals surface area contributed by atoms with E-state index in [0.717, 1.165) is 32.6 Å². The van der Waals surface area contributed by atoms with E-state index in [-0.39, 0.29) is 16.2 Å². The number of hydrogen-bond donors (Lipinski definition) is 0. The van der Waals surface area contributed by atoms with Gasteiger partial charge in [0.1, 0.15) is 0 Å². The number of hydrogen-bond acceptors (Lipinski definition) is 2. The molecular weight excluding hydrogens is 304 g/mol. The fourth-order valence-corrected chi connectivity index (χ4v) is 6.52. The van der Waals surface area contributed by atoms with Crippen LogP contribution in [0.3, 0.4) is 0 Å². The van der Waals surface area contributed by atoms with Crippen molar-refractivity contribution in [1.82, 2.24) is 9.80 Å². The molecule has 3 aliphatic carbocycles. The standard InChI is InChI=1S/C15H25BrN2O/c1-13(2)14(3)5-6-15(13,11(14)16)12(19)18-9-7-17(4)8-10-18/h11H,5-10H2,1-4H3. The molecule has 3 unspecified atom stereocenters. The van der Waals surface area contributed by atoms with Crippen LogP contribution in [-0.2, 0) is 4.79 Å². The molecule has 19 heavy (non-hydrogen) atoms. The molecule has 4 rings (SSSR count). The molecule has 3 atom stereocenters. The zero-order valence-corrected chi connectivity index (χ0v) is 14.1. The number of rotatable bonds is 1. The summed E-state index contributed by atoms with van der Waals surface area (Å²) in [5.74, 6) is 0.405. The van der Waals surface area contributed by atoms with Crippen molar-refractivity contribution in [3.8, 4) is 0 Å². The number of carbonyl (C=O) groups excluding carboxylic acids is 1. The van der Waals surface area contributed by atoms with Crippen LogP contribution in [0.4, 0.5) is 0 Å². The molecule has 1 saturated heterocycles. The molecule has 3 saturated carbocycles. The summed E-state index contributed by atoms with van der Waals surface area (Å²) in [4.78, 5) is 17.9. The van der Waals surface area contributed by atoms with E-state index in [9.17, 15) is 4.79 Å². The molecule has 1 heterocycles. The van der Waals surface area contributed by atoms with Crippen LogP contribution in [0, 0.1) is 16.2 Å². The molecule has 2 bridgehead atoms. The topological polar surface area (TPSA) is 23.6 Å². The number of likely N-dealkylation sites (N-methyl/N-ethyl adjacent to an activating group) is 1. The highest BCUT2D eigenvalue weighted by Crippen LogP contribution is 2.80. The predicted octanol–water partition coefficient (Wildman–Crippen LogP) is 2.35. The second-order valence-corrected chi connectivity index (χ2v) is 8.39. The van der Waals surface area contributed by atoms with Crippen molar-refractivity contribution < 1.29 is 4.79 Å². The van der Waals surface area contributed by atoms with Gasteiger partial charge in [0.15, 0.2) is 0 Å². The highest BCUT2D eigenvalue weighted by atomic mass is 79.9. The first-order valence-corrected chi connectivity index (χ1v) is 8.31. The van der Waals surface area contributed by atoms with Crippen LogP contribution >= 0.6 is 15.9 Å². The predicted molar refractivity (Wildman–Crippen MR) is 80.3 cm³/mol. The quantitative estimate of drug-likeness (QED) is 0.690. The fourth-order valence-electron chi connectivity index (χ4n) is 4.72. The smallest absolute Gasteiger partial charge is 0.230 e. The summed E-state index contributed by atoms with van der Waals surface area (Å²) in [5, 5.41) is 0. The average Bonchev–Trinajstić information content (AvgIpc) is 2.78. The molecule has 0 aromatic carbocycles. The van der Waals surface area contributed by atoms with Crippen molar-refractivity contribution in [2.75, 3.05) is 33.2 Å². The van der Waals surface area contributed by atoms with Crippen LogP contribution in [0.1, 0.15) is 33.6 Å². The molecule has 0 aromatic rings. The summed E-state index contributed by atoms with van der Waals surface area (Å²) in [6, 6.07) is 0. The lowest BCUT2D eigenvalue weighted by Gasteiger charge is -2.65. The maximum Gasteiger partial charge on any atom is 0.230 e. The zero-order valence-electron chi connectivity index (χ0n) is 12.5. The van der Waals surface area contributed by atoms with Crippen molar-refractivity contribution in [1.29, 1.82) is 0 Å². The van der Waals surface area contributed by atoms with Gasteiger partial charge in [-0.05, 0) is 30.7 Å². The second-order valence-electron chi connectivity index (χ2n) is 7.47. The van der Waals surface area contributed by atoms with Crippen LogP contribution in [-0.4, -0.2) is 53.8 Å². The first-order valence-electron chi connectivity index (χ1n) is 7.39. The summed E-state index contributed by atoms with van der Waals surface area (Å²) in [6.07, 6.45) is 2.23. The normalized spacial score (nSPS) is 45.1. The van der Waals surface area contributed by atoms with Gasteiger partial charge in [-0.3, -0.25) is 4.79 Å². The SMILES string of the molecule is CN1CCN(C(=O)C23CCC(C)(C2Br)C3(C)C)CC1. The summed E-state index contributed by atoms with van der Waals surface area (Å²) < 4.78 is 0. The Kier molecular flexibility index (Phi) is 2.90. The molecule has 4 fully saturated rings. The zero-order chi connectivity index (χ0) is 14.1. The Bertz CT molecular complexity index is 416. The Hall–Kier alpha value is -0.0900. The lowest BCUT2D eigenvalue weighted by atomic mass is 9.43. The number of nitrogens with zero attached hydrogens (tertiary/aromatic N) is 2. The third kappa shape index (κ3) is 1.40. The minimum absolute atomic E-state index is 0.120. The van der Waals surface area contributed by atoms with E-state index in [1.165, 1.54) is 6.42 Å².